The van der Waals surface area contributed by atoms with E-state index in [-0.39, 0.29) is 28.6 Å². The molecule has 0 saturated heterocycles. The molecule has 2 bridgehead atoms. The summed E-state index contributed by atoms with van der Waals surface area (Å²) in [5.41, 5.74) is 2.18. The molecule has 0 aromatic heterocycles. The van der Waals surface area contributed by atoms with Crippen LogP contribution >= 0.6 is 23.2 Å². The highest BCUT2D eigenvalue weighted by Gasteiger charge is 2.75. The molecular formula is C24H24Cl2F4N2O3. The number of halogens is 6. The zero-order valence-electron chi connectivity index (χ0n) is 18.9. The van der Waals surface area contributed by atoms with E-state index in [9.17, 15) is 22.4 Å². The van der Waals surface area contributed by atoms with Gasteiger partial charge in [0, 0.05) is 36.4 Å². The molecule has 2 atom stereocenters. The third kappa shape index (κ3) is 5.90. The second-order valence-electron chi connectivity index (χ2n) is 9.38. The number of rotatable bonds is 6. The van der Waals surface area contributed by atoms with E-state index in [2.05, 4.69) is 12.4 Å². The molecule has 5 rings (SSSR count). The Hall–Kier alpha value is -2.36. The van der Waals surface area contributed by atoms with E-state index in [1.54, 1.807) is 12.1 Å². The van der Waals surface area contributed by atoms with E-state index in [4.69, 9.17) is 33.1 Å². The molecule has 3 aliphatic rings. The summed E-state index contributed by atoms with van der Waals surface area (Å²) in [5, 5.41) is 12.9. The highest BCUT2D eigenvalue weighted by molar-refractivity contribution is 6.42. The van der Waals surface area contributed by atoms with Crippen molar-refractivity contribution >= 4 is 40.8 Å². The monoisotopic (exact) mass is 534 g/mol. The summed E-state index contributed by atoms with van der Waals surface area (Å²) >= 11 is 12.1. The number of aliphatic carboxylic acids is 1. The highest BCUT2D eigenvalue weighted by Crippen LogP contribution is 2.69. The van der Waals surface area contributed by atoms with Crippen LogP contribution in [0, 0.1) is 17.2 Å². The minimum atomic E-state index is -5.19. The molecule has 3 fully saturated rings. The van der Waals surface area contributed by atoms with Crippen molar-refractivity contribution in [3.8, 4) is 0 Å². The Labute approximate surface area is 210 Å². The molecule has 2 N–H and O–H groups in total. The first-order chi connectivity index (χ1) is 16.2. The normalized spacial score (nSPS) is 24.1. The van der Waals surface area contributed by atoms with Crippen LogP contribution in [0.15, 0.2) is 42.5 Å². The molecule has 2 aromatic rings. The van der Waals surface area contributed by atoms with Gasteiger partial charge in [0.1, 0.15) is 18.3 Å². The lowest BCUT2D eigenvalue weighted by atomic mass is 9.35. The van der Waals surface area contributed by atoms with E-state index in [1.165, 1.54) is 22.6 Å². The number of nitrogens with one attached hydrogen (secondary N) is 2. The number of hydrogen-bond acceptors (Lipinski definition) is 3. The Bertz CT molecular complexity index is 1090. The fraction of sp³-hybridized carbons (Fsp3) is 0.417. The fourth-order valence-corrected chi connectivity index (χ4v) is 5.30. The van der Waals surface area contributed by atoms with E-state index in [0.29, 0.717) is 15.7 Å². The van der Waals surface area contributed by atoms with Crippen molar-refractivity contribution < 1.29 is 37.2 Å². The average Bonchev–Trinajstić information content (AvgIpc) is 2.70. The number of quaternary nitrogens is 1. The highest BCUT2D eigenvalue weighted by atomic mass is 35.5. The molecule has 0 radical (unpaired) electrons. The largest absolute Gasteiger partial charge is 0.542 e. The smallest absolute Gasteiger partial charge is 0.430 e. The molecule has 0 aliphatic heterocycles. The van der Waals surface area contributed by atoms with Gasteiger partial charge in [-0.3, -0.25) is 4.79 Å². The lowest BCUT2D eigenvalue weighted by Crippen LogP contribution is -3.22. The number of benzene rings is 2. The Morgan fingerprint density at radius 1 is 1.09 bits per heavy atom. The first-order valence-electron chi connectivity index (χ1n) is 10.8. The molecule has 35 heavy (non-hydrogen) atoms. The minimum Gasteiger partial charge on any atom is -0.542 e. The van der Waals surface area contributed by atoms with Crippen LogP contribution in [0.5, 0.6) is 0 Å². The summed E-state index contributed by atoms with van der Waals surface area (Å²) in [4.78, 5) is 22.9. The Morgan fingerprint density at radius 3 is 2.11 bits per heavy atom. The van der Waals surface area contributed by atoms with Crippen LogP contribution < -0.4 is 15.3 Å². The first-order valence-corrected chi connectivity index (χ1v) is 11.5. The second kappa shape index (κ2) is 9.95. The van der Waals surface area contributed by atoms with Gasteiger partial charge in [-0.15, -0.1) is 0 Å². The molecule has 11 heteroatoms. The lowest BCUT2D eigenvalue weighted by molar-refractivity contribution is -0.976. The zero-order chi connectivity index (χ0) is 26.2. The summed E-state index contributed by atoms with van der Waals surface area (Å²) in [6, 6.07) is 11.7. The molecule has 5 nitrogen and oxygen atoms in total. The summed E-state index contributed by atoms with van der Waals surface area (Å²) < 4.78 is 44.6. The number of alkyl halides is 3. The Morgan fingerprint density at radius 2 is 1.63 bits per heavy atom. The van der Waals surface area contributed by atoms with Gasteiger partial charge >= 0.3 is 6.18 Å². The average molecular weight is 535 g/mol. The van der Waals surface area contributed by atoms with Crippen molar-refractivity contribution in [2.45, 2.75) is 44.4 Å². The Balaban J connectivity index is 0.000000429. The molecule has 190 valence electrons. The maximum Gasteiger partial charge on any atom is 0.430 e. The number of amides is 1. The van der Waals surface area contributed by atoms with Crippen LogP contribution in [0.25, 0.3) is 0 Å². The van der Waals surface area contributed by atoms with E-state index < -0.39 is 12.1 Å². The quantitative estimate of drug-likeness (QED) is 0.555. The summed E-state index contributed by atoms with van der Waals surface area (Å²) in [5.74, 6) is -3.35. The summed E-state index contributed by atoms with van der Waals surface area (Å²) in [6.07, 6.45) is -2.01. The maximum atomic E-state index is 13.0. The predicted molar refractivity (Wildman–Crippen MR) is 121 cm³/mol. The molecule has 2 aromatic carbocycles. The van der Waals surface area contributed by atoms with Crippen LogP contribution in [0.2, 0.25) is 10.0 Å². The first kappa shape index (κ1) is 27.2. The number of carboxylic acid groups (broad SMARTS) is 1. The molecule has 3 aliphatic carbocycles. The van der Waals surface area contributed by atoms with E-state index >= 15 is 0 Å². The van der Waals surface area contributed by atoms with Crippen molar-refractivity contribution in [1.82, 2.24) is 0 Å². The third-order valence-corrected chi connectivity index (χ3v) is 7.82. The van der Waals surface area contributed by atoms with Gasteiger partial charge in [0.2, 0.25) is 5.91 Å². The minimum absolute atomic E-state index is 0.0158. The third-order valence-electron chi connectivity index (χ3n) is 7.09. The van der Waals surface area contributed by atoms with E-state index in [0.717, 1.165) is 25.8 Å². The zero-order valence-corrected chi connectivity index (χ0v) is 20.5. The molecule has 1 unspecified atom stereocenters. The lowest BCUT2D eigenvalue weighted by Gasteiger charge is -2.72. The number of hydrogen-bond donors (Lipinski definition) is 2. The van der Waals surface area contributed by atoms with Crippen molar-refractivity contribution in [1.29, 1.82) is 0 Å². The number of carboxylic acids is 1. The number of anilines is 1. The molecule has 1 amide bonds. The van der Waals surface area contributed by atoms with E-state index in [1.807, 2.05) is 25.1 Å². The second-order valence-corrected chi connectivity index (χ2v) is 10.2. The number of carbonyl (C=O) groups is 2. The molecule has 0 heterocycles. The van der Waals surface area contributed by atoms with Gasteiger partial charge in [-0.2, -0.15) is 13.2 Å². The maximum absolute atomic E-state index is 13.0. The van der Waals surface area contributed by atoms with Gasteiger partial charge in [0.05, 0.1) is 22.6 Å². The van der Waals surface area contributed by atoms with Gasteiger partial charge in [-0.05, 0) is 41.8 Å². The van der Waals surface area contributed by atoms with Gasteiger partial charge in [0.15, 0.2) is 0 Å². The van der Waals surface area contributed by atoms with Crippen LogP contribution in [0.3, 0.4) is 0 Å². The Kier molecular flexibility index (Phi) is 7.74. The van der Waals surface area contributed by atoms with Crippen molar-refractivity contribution in [3.05, 3.63) is 63.9 Å². The van der Waals surface area contributed by atoms with Crippen LogP contribution in [-0.2, 0) is 16.1 Å². The van der Waals surface area contributed by atoms with Gasteiger partial charge in [0.25, 0.3) is 0 Å². The van der Waals surface area contributed by atoms with Crippen molar-refractivity contribution in [2.24, 2.45) is 11.3 Å². The van der Waals surface area contributed by atoms with Crippen LogP contribution in [-0.4, -0.2) is 30.6 Å². The van der Waals surface area contributed by atoms with Crippen molar-refractivity contribution in [2.75, 3.05) is 12.4 Å². The van der Waals surface area contributed by atoms with Crippen LogP contribution in [0.1, 0.15) is 31.7 Å². The summed E-state index contributed by atoms with van der Waals surface area (Å²) in [6.45, 7) is 2.90. The fourth-order valence-electron chi connectivity index (χ4n) is 4.98. The standard InChI is InChI=1S/C22H23Cl2FN2O.C2HF3O2/c1-14(20(28)26-17-6-4-16(25)5-7-17)21-11-22(12-21,13-21)27(2)10-15-3-8-18(23)19(24)9-15;3-2(4,5)1(6)7/h3-9,14H,10-13H2,1-2H3,(H,26,28);(H,6,7)/t14-,21?,22?;/m1./s1. The van der Waals surface area contributed by atoms with Crippen LogP contribution in [0.4, 0.5) is 23.2 Å². The topological polar surface area (TPSA) is 73.7 Å². The van der Waals surface area contributed by atoms with Gasteiger partial charge in [-0.1, -0.05) is 36.2 Å². The predicted octanol–water partition coefficient (Wildman–Crippen LogP) is 3.64. The molecule has 3 saturated carbocycles. The van der Waals surface area contributed by atoms with Gasteiger partial charge in [-0.25, -0.2) is 4.39 Å². The number of carbonyl (C=O) groups excluding carboxylic acids is 2. The van der Waals surface area contributed by atoms with Crippen molar-refractivity contribution in [3.63, 3.8) is 0 Å². The van der Waals surface area contributed by atoms with Gasteiger partial charge < -0.3 is 20.1 Å². The summed E-state index contributed by atoms with van der Waals surface area (Å²) in [7, 11) is 2.22. The molecular weight excluding hydrogens is 511 g/mol. The molecule has 0 spiro atoms. The SMILES string of the molecule is C[C@H](C(=O)Nc1ccc(F)cc1)C12CC([NH+](C)Cc3ccc(Cl)c(Cl)c3)(C1)C2.O=C([O-])C(F)(F)F.